The average Bonchev–Trinajstić information content (AvgIpc) is 3.45. The lowest BCUT2D eigenvalue weighted by Crippen LogP contribution is -2.32. The zero-order valence-electron chi connectivity index (χ0n) is 20.3. The SMILES string of the molecule is CC(C)(C)c1ccc(/C=N/n2c(N)c(C(=O)NCC3CCCO3)c3nc4ccccc4nc32)cc1. The van der Waals surface area contributed by atoms with E-state index < -0.39 is 0 Å². The average molecular weight is 471 g/mol. The number of nitrogens with one attached hydrogen (secondary N) is 1. The van der Waals surface area contributed by atoms with Gasteiger partial charge in [-0.3, -0.25) is 4.79 Å². The van der Waals surface area contributed by atoms with Gasteiger partial charge in [0.2, 0.25) is 0 Å². The highest BCUT2D eigenvalue weighted by Gasteiger charge is 2.25. The van der Waals surface area contributed by atoms with E-state index in [4.69, 9.17) is 20.4 Å². The molecule has 4 aromatic rings. The van der Waals surface area contributed by atoms with Crippen molar-refractivity contribution in [2.75, 3.05) is 18.9 Å². The molecular weight excluding hydrogens is 440 g/mol. The van der Waals surface area contributed by atoms with Crippen molar-refractivity contribution in [3.8, 4) is 0 Å². The molecule has 0 saturated carbocycles. The summed E-state index contributed by atoms with van der Waals surface area (Å²) in [4.78, 5) is 22.7. The van der Waals surface area contributed by atoms with Crippen molar-refractivity contribution in [2.24, 2.45) is 5.10 Å². The number of nitrogen functional groups attached to an aromatic ring is 1. The van der Waals surface area contributed by atoms with E-state index in [1.165, 1.54) is 10.2 Å². The maximum atomic E-state index is 13.2. The maximum absolute atomic E-state index is 13.2. The number of carbonyl (C=O) groups excluding carboxylic acids is 1. The van der Waals surface area contributed by atoms with Crippen LogP contribution in [0.4, 0.5) is 5.82 Å². The first-order chi connectivity index (χ1) is 16.8. The van der Waals surface area contributed by atoms with Crippen molar-refractivity contribution in [1.82, 2.24) is 20.0 Å². The number of nitrogens with two attached hydrogens (primary N) is 1. The van der Waals surface area contributed by atoms with Gasteiger partial charge in [-0.1, -0.05) is 57.2 Å². The zero-order valence-corrected chi connectivity index (χ0v) is 20.3. The standard InChI is InChI=1S/C27H30N6O2/c1-27(2,3)18-12-10-17(11-13-18)15-30-33-24(28)22(26(34)29-16-19-7-6-14-35-19)23-25(33)32-21-9-5-4-8-20(21)31-23/h4-5,8-13,15,19H,6-7,14,16,28H2,1-3H3,(H,29,34)/b30-15+. The second-order valence-electron chi connectivity index (χ2n) is 9.92. The third-order valence-electron chi connectivity index (χ3n) is 6.31. The molecule has 0 bridgehead atoms. The highest BCUT2D eigenvalue weighted by atomic mass is 16.5. The number of hydrogen-bond donors (Lipinski definition) is 2. The fraction of sp³-hybridized carbons (Fsp3) is 0.333. The van der Waals surface area contributed by atoms with Gasteiger partial charge >= 0.3 is 0 Å². The number of nitrogens with zero attached hydrogens (tertiary/aromatic N) is 4. The summed E-state index contributed by atoms with van der Waals surface area (Å²) in [6, 6.07) is 15.7. The normalized spacial score (nSPS) is 16.5. The van der Waals surface area contributed by atoms with Crippen LogP contribution in [0.15, 0.2) is 53.6 Å². The second-order valence-corrected chi connectivity index (χ2v) is 9.92. The van der Waals surface area contributed by atoms with Crippen LogP contribution in [0.5, 0.6) is 0 Å². The van der Waals surface area contributed by atoms with Gasteiger partial charge in [0.15, 0.2) is 5.65 Å². The van der Waals surface area contributed by atoms with E-state index in [0.29, 0.717) is 28.7 Å². The van der Waals surface area contributed by atoms with Gasteiger partial charge < -0.3 is 15.8 Å². The smallest absolute Gasteiger partial charge is 0.257 e. The molecule has 1 fully saturated rings. The Bertz CT molecular complexity index is 1410. The largest absolute Gasteiger partial charge is 0.383 e. The Morgan fingerprint density at radius 3 is 2.54 bits per heavy atom. The van der Waals surface area contributed by atoms with E-state index in [-0.39, 0.29) is 28.8 Å². The molecule has 1 saturated heterocycles. The van der Waals surface area contributed by atoms with Gasteiger partial charge in [-0.15, -0.1) is 0 Å². The topological polar surface area (TPSA) is 107 Å². The summed E-state index contributed by atoms with van der Waals surface area (Å²) in [5.41, 5.74) is 11.2. The number of amides is 1. The molecule has 0 radical (unpaired) electrons. The molecule has 1 unspecified atom stereocenters. The van der Waals surface area contributed by atoms with Gasteiger partial charge in [0.05, 0.1) is 23.4 Å². The van der Waals surface area contributed by atoms with Crippen molar-refractivity contribution < 1.29 is 9.53 Å². The number of anilines is 1. The fourth-order valence-electron chi connectivity index (χ4n) is 4.28. The Hall–Kier alpha value is -3.78. The molecule has 1 aliphatic heterocycles. The quantitative estimate of drug-likeness (QED) is 0.424. The van der Waals surface area contributed by atoms with Crippen LogP contribution in [0.1, 0.15) is 55.1 Å². The first kappa shape index (κ1) is 23.0. The second kappa shape index (κ2) is 9.11. The van der Waals surface area contributed by atoms with Gasteiger partial charge in [-0.25, -0.2) is 9.97 Å². The molecule has 8 heteroatoms. The Morgan fingerprint density at radius 1 is 1.17 bits per heavy atom. The minimum atomic E-state index is -0.309. The van der Waals surface area contributed by atoms with Gasteiger partial charge in [-0.2, -0.15) is 9.78 Å². The van der Waals surface area contributed by atoms with E-state index >= 15 is 0 Å². The number of para-hydroxylation sites is 2. The number of ether oxygens (including phenoxy) is 1. The van der Waals surface area contributed by atoms with Crippen LogP contribution in [0.3, 0.4) is 0 Å². The predicted molar refractivity (Wildman–Crippen MR) is 139 cm³/mol. The number of aromatic nitrogens is 3. The Kier molecular flexibility index (Phi) is 5.98. The number of hydrogen-bond acceptors (Lipinski definition) is 6. The predicted octanol–water partition coefficient (Wildman–Crippen LogP) is 4.26. The first-order valence-electron chi connectivity index (χ1n) is 11.9. The molecule has 0 spiro atoms. The highest BCUT2D eigenvalue weighted by Crippen LogP contribution is 2.28. The zero-order chi connectivity index (χ0) is 24.6. The van der Waals surface area contributed by atoms with E-state index in [1.54, 1.807) is 6.21 Å². The molecule has 35 heavy (non-hydrogen) atoms. The molecule has 180 valence electrons. The van der Waals surface area contributed by atoms with E-state index in [1.807, 2.05) is 36.4 Å². The van der Waals surface area contributed by atoms with E-state index in [2.05, 4.69) is 43.3 Å². The number of carbonyl (C=O) groups is 1. The van der Waals surface area contributed by atoms with Crippen molar-refractivity contribution in [3.05, 3.63) is 65.2 Å². The van der Waals surface area contributed by atoms with Gasteiger partial charge in [0.25, 0.3) is 5.91 Å². The van der Waals surface area contributed by atoms with E-state index in [0.717, 1.165) is 25.0 Å². The Morgan fingerprint density at radius 2 is 1.89 bits per heavy atom. The van der Waals surface area contributed by atoms with Gasteiger partial charge in [0.1, 0.15) is 16.9 Å². The van der Waals surface area contributed by atoms with Crippen LogP contribution >= 0.6 is 0 Å². The lowest BCUT2D eigenvalue weighted by Gasteiger charge is -2.18. The molecule has 3 N–H and O–H groups in total. The number of benzene rings is 2. The third-order valence-corrected chi connectivity index (χ3v) is 6.31. The molecule has 5 rings (SSSR count). The number of rotatable bonds is 5. The summed E-state index contributed by atoms with van der Waals surface area (Å²) in [5.74, 6) is -0.112. The Labute approximate surface area is 204 Å². The van der Waals surface area contributed by atoms with Crippen LogP contribution < -0.4 is 11.1 Å². The lowest BCUT2D eigenvalue weighted by molar-refractivity contribution is 0.0859. The number of fused-ring (bicyclic) bond motifs is 2. The van der Waals surface area contributed by atoms with Crippen LogP contribution in [0, 0.1) is 0 Å². The highest BCUT2D eigenvalue weighted by molar-refractivity contribution is 6.10. The summed E-state index contributed by atoms with van der Waals surface area (Å²) < 4.78 is 7.13. The molecule has 1 aliphatic rings. The van der Waals surface area contributed by atoms with Crippen LogP contribution in [0.25, 0.3) is 22.2 Å². The minimum absolute atomic E-state index is 0.0227. The molecule has 2 aromatic carbocycles. The van der Waals surface area contributed by atoms with Crippen LogP contribution in [0.2, 0.25) is 0 Å². The molecule has 1 amide bonds. The summed E-state index contributed by atoms with van der Waals surface area (Å²) in [5, 5.41) is 7.56. The van der Waals surface area contributed by atoms with Crippen molar-refractivity contribution in [3.63, 3.8) is 0 Å². The molecule has 1 atom stereocenters. The first-order valence-corrected chi connectivity index (χ1v) is 11.9. The summed E-state index contributed by atoms with van der Waals surface area (Å²) in [7, 11) is 0. The summed E-state index contributed by atoms with van der Waals surface area (Å²) >= 11 is 0. The summed E-state index contributed by atoms with van der Waals surface area (Å²) in [6.07, 6.45) is 3.67. The van der Waals surface area contributed by atoms with Gasteiger partial charge in [0, 0.05) is 13.2 Å². The summed E-state index contributed by atoms with van der Waals surface area (Å²) in [6.45, 7) is 7.69. The van der Waals surface area contributed by atoms with Crippen molar-refractivity contribution >= 4 is 40.1 Å². The van der Waals surface area contributed by atoms with E-state index in [9.17, 15) is 4.79 Å². The Balaban J connectivity index is 1.54. The molecule has 3 heterocycles. The lowest BCUT2D eigenvalue weighted by atomic mass is 9.87. The monoisotopic (exact) mass is 470 g/mol. The third kappa shape index (κ3) is 4.61. The molecule has 0 aliphatic carbocycles. The van der Waals surface area contributed by atoms with Crippen LogP contribution in [-0.4, -0.2) is 46.0 Å². The van der Waals surface area contributed by atoms with Crippen molar-refractivity contribution in [2.45, 2.75) is 45.1 Å². The molecule has 8 nitrogen and oxygen atoms in total. The maximum Gasteiger partial charge on any atom is 0.257 e. The van der Waals surface area contributed by atoms with Crippen molar-refractivity contribution in [1.29, 1.82) is 0 Å². The fourth-order valence-corrected chi connectivity index (χ4v) is 4.28. The molecule has 2 aromatic heterocycles. The molecular formula is C27H30N6O2. The minimum Gasteiger partial charge on any atom is -0.383 e. The van der Waals surface area contributed by atoms with Gasteiger partial charge in [-0.05, 0) is 41.5 Å². The van der Waals surface area contributed by atoms with Crippen LogP contribution in [-0.2, 0) is 10.2 Å².